The summed E-state index contributed by atoms with van der Waals surface area (Å²) in [6.07, 6.45) is 3.11. The molecule has 3 nitrogen and oxygen atoms in total. The SMILES string of the molecule is CCC(C)n1ncc(CNC(C)(C)C)c1C. The van der Waals surface area contributed by atoms with Gasteiger partial charge in [-0.1, -0.05) is 6.92 Å². The third kappa shape index (κ3) is 3.34. The van der Waals surface area contributed by atoms with Gasteiger partial charge in [-0.25, -0.2) is 0 Å². The van der Waals surface area contributed by atoms with Gasteiger partial charge in [0.05, 0.1) is 6.20 Å². The summed E-state index contributed by atoms with van der Waals surface area (Å²) in [4.78, 5) is 0. The molecule has 0 spiro atoms. The summed E-state index contributed by atoms with van der Waals surface area (Å²) >= 11 is 0. The van der Waals surface area contributed by atoms with Gasteiger partial charge in [0.25, 0.3) is 0 Å². The molecule has 1 aromatic rings. The highest BCUT2D eigenvalue weighted by molar-refractivity contribution is 5.16. The third-order valence-electron chi connectivity index (χ3n) is 2.96. The van der Waals surface area contributed by atoms with Gasteiger partial charge in [-0.3, -0.25) is 4.68 Å². The van der Waals surface area contributed by atoms with E-state index in [9.17, 15) is 0 Å². The molecule has 0 fully saturated rings. The molecule has 1 unspecified atom stereocenters. The maximum absolute atomic E-state index is 4.46. The van der Waals surface area contributed by atoms with Gasteiger partial charge in [0.15, 0.2) is 0 Å². The quantitative estimate of drug-likeness (QED) is 0.850. The van der Waals surface area contributed by atoms with Gasteiger partial charge in [-0.2, -0.15) is 5.10 Å². The zero-order chi connectivity index (χ0) is 12.3. The molecule has 0 aromatic carbocycles. The van der Waals surface area contributed by atoms with E-state index in [0.29, 0.717) is 6.04 Å². The highest BCUT2D eigenvalue weighted by Crippen LogP contribution is 2.16. The molecule has 0 saturated heterocycles. The maximum atomic E-state index is 4.46. The fourth-order valence-corrected chi connectivity index (χ4v) is 1.61. The number of nitrogens with zero attached hydrogens (tertiary/aromatic N) is 2. The van der Waals surface area contributed by atoms with Crippen LogP contribution in [0.25, 0.3) is 0 Å². The Balaban J connectivity index is 2.73. The van der Waals surface area contributed by atoms with E-state index in [-0.39, 0.29) is 5.54 Å². The topological polar surface area (TPSA) is 29.9 Å². The van der Waals surface area contributed by atoms with E-state index in [2.05, 4.69) is 56.6 Å². The number of hydrogen-bond acceptors (Lipinski definition) is 2. The monoisotopic (exact) mass is 223 g/mol. The minimum atomic E-state index is 0.158. The highest BCUT2D eigenvalue weighted by atomic mass is 15.3. The van der Waals surface area contributed by atoms with Crippen LogP contribution in [0.4, 0.5) is 0 Å². The molecule has 0 aliphatic carbocycles. The van der Waals surface area contributed by atoms with E-state index in [1.54, 1.807) is 0 Å². The van der Waals surface area contributed by atoms with Crippen LogP contribution in [0.1, 0.15) is 58.3 Å². The Bertz CT molecular complexity index is 333. The molecule has 1 aromatic heterocycles. The Hall–Kier alpha value is -0.830. The fraction of sp³-hybridized carbons (Fsp3) is 0.769. The van der Waals surface area contributed by atoms with Crippen molar-refractivity contribution in [1.29, 1.82) is 0 Å². The van der Waals surface area contributed by atoms with Crippen LogP contribution in [-0.4, -0.2) is 15.3 Å². The molecule has 1 heterocycles. The summed E-state index contributed by atoms with van der Waals surface area (Å²) in [5.41, 5.74) is 2.74. The Labute approximate surface area is 99.2 Å². The molecule has 16 heavy (non-hydrogen) atoms. The molecule has 3 heteroatoms. The van der Waals surface area contributed by atoms with Crippen LogP contribution < -0.4 is 5.32 Å². The largest absolute Gasteiger partial charge is 0.308 e. The van der Waals surface area contributed by atoms with Gasteiger partial charge in [-0.15, -0.1) is 0 Å². The lowest BCUT2D eigenvalue weighted by Gasteiger charge is -2.20. The second kappa shape index (κ2) is 5.00. The van der Waals surface area contributed by atoms with Crippen LogP contribution in [0.15, 0.2) is 6.20 Å². The van der Waals surface area contributed by atoms with E-state index >= 15 is 0 Å². The van der Waals surface area contributed by atoms with Gasteiger partial charge < -0.3 is 5.32 Å². The lowest BCUT2D eigenvalue weighted by Crippen LogP contribution is -2.35. The average Bonchev–Trinajstić information content (AvgIpc) is 2.55. The van der Waals surface area contributed by atoms with Crippen LogP contribution in [0.3, 0.4) is 0 Å². The van der Waals surface area contributed by atoms with Crippen molar-refractivity contribution in [3.8, 4) is 0 Å². The van der Waals surface area contributed by atoms with Crippen molar-refractivity contribution in [3.63, 3.8) is 0 Å². The summed E-state index contributed by atoms with van der Waals surface area (Å²) < 4.78 is 2.12. The molecular formula is C13H25N3. The highest BCUT2D eigenvalue weighted by Gasteiger charge is 2.13. The van der Waals surface area contributed by atoms with Gasteiger partial charge in [0, 0.05) is 29.4 Å². The lowest BCUT2D eigenvalue weighted by molar-refractivity contribution is 0.422. The molecule has 92 valence electrons. The van der Waals surface area contributed by atoms with Gasteiger partial charge in [-0.05, 0) is 41.0 Å². The second-order valence-corrected chi connectivity index (χ2v) is 5.56. The number of aromatic nitrogens is 2. The second-order valence-electron chi connectivity index (χ2n) is 5.56. The maximum Gasteiger partial charge on any atom is 0.0537 e. The first-order valence-corrected chi connectivity index (χ1v) is 6.13. The summed E-state index contributed by atoms with van der Waals surface area (Å²) in [5, 5.41) is 7.96. The van der Waals surface area contributed by atoms with Crippen LogP contribution >= 0.6 is 0 Å². The van der Waals surface area contributed by atoms with Crippen LogP contribution in [0.5, 0.6) is 0 Å². The van der Waals surface area contributed by atoms with Crippen LogP contribution in [-0.2, 0) is 6.54 Å². The summed E-state index contributed by atoms with van der Waals surface area (Å²) in [7, 11) is 0. The average molecular weight is 223 g/mol. The molecule has 0 saturated carbocycles. The molecule has 0 aliphatic rings. The van der Waals surface area contributed by atoms with Crippen molar-refractivity contribution in [2.75, 3.05) is 0 Å². The Morgan fingerprint density at radius 3 is 2.56 bits per heavy atom. The zero-order valence-electron chi connectivity index (χ0n) is 11.5. The van der Waals surface area contributed by atoms with Gasteiger partial charge >= 0.3 is 0 Å². The normalized spacial score (nSPS) is 14.1. The number of rotatable bonds is 4. The summed E-state index contributed by atoms with van der Waals surface area (Å²) in [5.74, 6) is 0. The van der Waals surface area contributed by atoms with Gasteiger partial charge in [0.2, 0.25) is 0 Å². The first kappa shape index (κ1) is 13.2. The molecule has 0 amide bonds. The minimum Gasteiger partial charge on any atom is -0.308 e. The van der Waals surface area contributed by atoms with E-state index in [0.717, 1.165) is 13.0 Å². The van der Waals surface area contributed by atoms with Crippen molar-refractivity contribution in [2.24, 2.45) is 0 Å². The predicted octanol–water partition coefficient (Wildman–Crippen LogP) is 3.05. The van der Waals surface area contributed by atoms with Crippen molar-refractivity contribution < 1.29 is 0 Å². The fourth-order valence-electron chi connectivity index (χ4n) is 1.61. The van der Waals surface area contributed by atoms with E-state index < -0.39 is 0 Å². The van der Waals surface area contributed by atoms with E-state index in [1.807, 2.05) is 6.20 Å². The smallest absolute Gasteiger partial charge is 0.0537 e. The minimum absolute atomic E-state index is 0.158. The Kier molecular flexibility index (Phi) is 4.14. The van der Waals surface area contributed by atoms with Gasteiger partial charge in [0.1, 0.15) is 0 Å². The lowest BCUT2D eigenvalue weighted by atomic mass is 10.1. The van der Waals surface area contributed by atoms with E-state index in [1.165, 1.54) is 11.3 Å². The molecule has 1 N–H and O–H groups in total. The number of hydrogen-bond donors (Lipinski definition) is 1. The Morgan fingerprint density at radius 2 is 2.06 bits per heavy atom. The standard InChI is InChI=1S/C13H25N3/c1-7-10(2)16-11(3)12(9-15-16)8-14-13(4,5)6/h9-10,14H,7-8H2,1-6H3. The van der Waals surface area contributed by atoms with Crippen molar-refractivity contribution in [1.82, 2.24) is 15.1 Å². The van der Waals surface area contributed by atoms with Crippen LogP contribution in [0, 0.1) is 6.92 Å². The molecule has 0 bridgehead atoms. The zero-order valence-corrected chi connectivity index (χ0v) is 11.5. The first-order valence-electron chi connectivity index (χ1n) is 6.13. The summed E-state index contributed by atoms with van der Waals surface area (Å²) in [6.45, 7) is 14.0. The van der Waals surface area contributed by atoms with E-state index in [4.69, 9.17) is 0 Å². The molecular weight excluding hydrogens is 198 g/mol. The van der Waals surface area contributed by atoms with Crippen molar-refractivity contribution in [2.45, 2.75) is 66.1 Å². The van der Waals surface area contributed by atoms with Crippen molar-refractivity contribution >= 4 is 0 Å². The van der Waals surface area contributed by atoms with Crippen molar-refractivity contribution in [3.05, 3.63) is 17.5 Å². The predicted molar refractivity (Wildman–Crippen MR) is 68.6 cm³/mol. The van der Waals surface area contributed by atoms with Crippen LogP contribution in [0.2, 0.25) is 0 Å². The molecule has 0 radical (unpaired) electrons. The molecule has 0 aliphatic heterocycles. The first-order chi connectivity index (χ1) is 7.35. The summed E-state index contributed by atoms with van der Waals surface area (Å²) in [6, 6.07) is 0.489. The number of nitrogens with one attached hydrogen (secondary N) is 1. The Morgan fingerprint density at radius 1 is 1.44 bits per heavy atom. The third-order valence-corrected chi connectivity index (χ3v) is 2.96. The molecule has 1 rings (SSSR count). The molecule has 1 atom stereocenters.